The van der Waals surface area contributed by atoms with E-state index in [9.17, 15) is 0 Å². The molecule has 0 aromatic rings. The molecule has 0 aromatic heterocycles. The largest absolute Gasteiger partial charge is 0.330 e. The van der Waals surface area contributed by atoms with E-state index in [1.54, 1.807) is 0 Å². The summed E-state index contributed by atoms with van der Waals surface area (Å²) >= 11 is 0. The predicted molar refractivity (Wildman–Crippen MR) is 62.3 cm³/mol. The highest BCUT2D eigenvalue weighted by molar-refractivity contribution is 4.84. The second-order valence-corrected chi connectivity index (χ2v) is 4.62. The molecule has 84 valence electrons. The van der Waals surface area contributed by atoms with Crippen molar-refractivity contribution in [1.82, 2.24) is 5.32 Å². The molecule has 3 N–H and O–H groups in total. The molecule has 0 bridgehead atoms. The van der Waals surface area contributed by atoms with E-state index in [4.69, 9.17) is 5.73 Å². The summed E-state index contributed by atoms with van der Waals surface area (Å²) in [6, 6.07) is 0.658. The first kappa shape index (κ1) is 12.0. The molecule has 0 radical (unpaired) electrons. The molecule has 0 saturated heterocycles. The lowest BCUT2D eigenvalue weighted by Crippen LogP contribution is -2.43. The molecule has 0 aromatic carbocycles. The van der Waals surface area contributed by atoms with Gasteiger partial charge in [-0.05, 0) is 38.3 Å². The fraction of sp³-hybridized carbons (Fsp3) is 1.00. The zero-order valence-electron chi connectivity index (χ0n) is 9.76. The van der Waals surface area contributed by atoms with E-state index < -0.39 is 0 Å². The first-order valence-corrected chi connectivity index (χ1v) is 6.20. The van der Waals surface area contributed by atoms with Gasteiger partial charge in [0.05, 0.1) is 0 Å². The van der Waals surface area contributed by atoms with Crippen LogP contribution in [0.25, 0.3) is 0 Å². The number of hydrogen-bond donors (Lipinski definition) is 2. The first-order chi connectivity index (χ1) is 6.83. The second kappa shape index (κ2) is 6.41. The fourth-order valence-corrected chi connectivity index (χ4v) is 2.92. The fourth-order valence-electron chi connectivity index (χ4n) is 2.92. The molecule has 14 heavy (non-hydrogen) atoms. The third-order valence-electron chi connectivity index (χ3n) is 3.83. The number of rotatable bonds is 5. The molecule has 2 unspecified atom stereocenters. The van der Waals surface area contributed by atoms with Crippen LogP contribution in [0.2, 0.25) is 0 Å². The SMILES string of the molecule is CCC(CN)C(NC)C1CCCCC1. The van der Waals surface area contributed by atoms with Crippen molar-refractivity contribution in [3.8, 4) is 0 Å². The second-order valence-electron chi connectivity index (χ2n) is 4.62. The molecule has 0 spiro atoms. The molecule has 2 nitrogen and oxygen atoms in total. The lowest BCUT2D eigenvalue weighted by molar-refractivity contribution is 0.214. The molecule has 2 heteroatoms. The Labute approximate surface area is 88.6 Å². The van der Waals surface area contributed by atoms with Crippen molar-refractivity contribution >= 4 is 0 Å². The van der Waals surface area contributed by atoms with E-state index in [2.05, 4.69) is 19.3 Å². The Balaban J connectivity index is 2.49. The predicted octanol–water partition coefficient (Wildman–Crippen LogP) is 2.14. The molecular weight excluding hydrogens is 172 g/mol. The van der Waals surface area contributed by atoms with Gasteiger partial charge >= 0.3 is 0 Å². The molecule has 2 atom stereocenters. The highest BCUT2D eigenvalue weighted by atomic mass is 14.9. The molecule has 1 fully saturated rings. The van der Waals surface area contributed by atoms with Gasteiger partial charge in [-0.1, -0.05) is 32.6 Å². The highest BCUT2D eigenvalue weighted by Crippen LogP contribution is 2.30. The van der Waals surface area contributed by atoms with E-state index in [-0.39, 0.29) is 0 Å². The van der Waals surface area contributed by atoms with E-state index >= 15 is 0 Å². The van der Waals surface area contributed by atoms with Crippen molar-refractivity contribution in [2.75, 3.05) is 13.6 Å². The maximum Gasteiger partial charge on any atom is 0.0132 e. The molecule has 1 aliphatic rings. The van der Waals surface area contributed by atoms with Gasteiger partial charge in [0.1, 0.15) is 0 Å². The molecule has 1 saturated carbocycles. The van der Waals surface area contributed by atoms with Gasteiger partial charge in [0.15, 0.2) is 0 Å². The van der Waals surface area contributed by atoms with Gasteiger partial charge in [0.25, 0.3) is 0 Å². The Morgan fingerprint density at radius 3 is 2.36 bits per heavy atom. The van der Waals surface area contributed by atoms with Crippen LogP contribution >= 0.6 is 0 Å². The summed E-state index contributed by atoms with van der Waals surface area (Å²) in [6.07, 6.45) is 8.29. The Kier molecular flexibility index (Phi) is 5.49. The van der Waals surface area contributed by atoms with Gasteiger partial charge in [-0.25, -0.2) is 0 Å². The Morgan fingerprint density at radius 2 is 1.93 bits per heavy atom. The smallest absolute Gasteiger partial charge is 0.0132 e. The third-order valence-corrected chi connectivity index (χ3v) is 3.83. The minimum atomic E-state index is 0.658. The van der Waals surface area contributed by atoms with Crippen LogP contribution in [0.15, 0.2) is 0 Å². The third kappa shape index (κ3) is 2.96. The van der Waals surface area contributed by atoms with Crippen LogP contribution in [0.5, 0.6) is 0 Å². The van der Waals surface area contributed by atoms with Crippen molar-refractivity contribution in [3.05, 3.63) is 0 Å². The quantitative estimate of drug-likeness (QED) is 0.710. The standard InChI is InChI=1S/C12H26N2/c1-3-10(9-13)12(14-2)11-7-5-4-6-8-11/h10-12,14H,3-9,13H2,1-2H3. The van der Waals surface area contributed by atoms with E-state index in [0.717, 1.165) is 12.5 Å². The van der Waals surface area contributed by atoms with Gasteiger partial charge in [-0.2, -0.15) is 0 Å². The van der Waals surface area contributed by atoms with Crippen molar-refractivity contribution in [2.45, 2.75) is 51.5 Å². The number of hydrogen-bond acceptors (Lipinski definition) is 2. The van der Waals surface area contributed by atoms with Crippen LogP contribution < -0.4 is 11.1 Å². The number of nitrogens with two attached hydrogens (primary N) is 1. The average molecular weight is 198 g/mol. The lowest BCUT2D eigenvalue weighted by atomic mass is 9.78. The number of nitrogens with one attached hydrogen (secondary N) is 1. The van der Waals surface area contributed by atoms with Crippen molar-refractivity contribution in [1.29, 1.82) is 0 Å². The summed E-state index contributed by atoms with van der Waals surface area (Å²) < 4.78 is 0. The monoisotopic (exact) mass is 198 g/mol. The normalized spacial score (nSPS) is 23.4. The van der Waals surface area contributed by atoms with Crippen molar-refractivity contribution in [2.24, 2.45) is 17.6 Å². The van der Waals surface area contributed by atoms with Gasteiger partial charge in [0.2, 0.25) is 0 Å². The minimum absolute atomic E-state index is 0.658. The summed E-state index contributed by atoms with van der Waals surface area (Å²) in [7, 11) is 2.09. The highest BCUT2D eigenvalue weighted by Gasteiger charge is 2.27. The Bertz CT molecular complexity index is 137. The van der Waals surface area contributed by atoms with Crippen molar-refractivity contribution < 1.29 is 0 Å². The van der Waals surface area contributed by atoms with Crippen molar-refractivity contribution in [3.63, 3.8) is 0 Å². The average Bonchev–Trinajstić information content (AvgIpc) is 2.27. The maximum atomic E-state index is 5.83. The zero-order valence-corrected chi connectivity index (χ0v) is 9.76. The van der Waals surface area contributed by atoms with E-state index in [0.29, 0.717) is 12.0 Å². The summed E-state index contributed by atoms with van der Waals surface area (Å²) in [5, 5.41) is 3.49. The summed E-state index contributed by atoms with van der Waals surface area (Å²) in [6.45, 7) is 3.09. The van der Waals surface area contributed by atoms with Crippen LogP contribution in [0.3, 0.4) is 0 Å². The summed E-state index contributed by atoms with van der Waals surface area (Å²) in [4.78, 5) is 0. The van der Waals surface area contributed by atoms with Gasteiger partial charge in [0, 0.05) is 6.04 Å². The molecule has 0 heterocycles. The van der Waals surface area contributed by atoms with E-state index in [1.165, 1.54) is 38.5 Å². The van der Waals surface area contributed by atoms with E-state index in [1.807, 2.05) is 0 Å². The van der Waals surface area contributed by atoms with Gasteiger partial charge in [-0.3, -0.25) is 0 Å². The van der Waals surface area contributed by atoms with Crippen LogP contribution in [0.4, 0.5) is 0 Å². The zero-order chi connectivity index (χ0) is 10.4. The topological polar surface area (TPSA) is 38.0 Å². The summed E-state index contributed by atoms with van der Waals surface area (Å²) in [5.74, 6) is 1.55. The lowest BCUT2D eigenvalue weighted by Gasteiger charge is -2.35. The van der Waals surface area contributed by atoms with Gasteiger partial charge < -0.3 is 11.1 Å². The van der Waals surface area contributed by atoms with Crippen LogP contribution in [0, 0.1) is 11.8 Å². The van der Waals surface area contributed by atoms with Crippen LogP contribution in [-0.4, -0.2) is 19.6 Å². The van der Waals surface area contributed by atoms with Crippen LogP contribution in [0.1, 0.15) is 45.4 Å². The molecular formula is C12H26N2. The minimum Gasteiger partial charge on any atom is -0.330 e. The maximum absolute atomic E-state index is 5.83. The molecule has 0 aliphatic heterocycles. The van der Waals surface area contributed by atoms with Gasteiger partial charge in [-0.15, -0.1) is 0 Å². The molecule has 0 amide bonds. The Morgan fingerprint density at radius 1 is 1.29 bits per heavy atom. The Hall–Kier alpha value is -0.0800. The molecule has 1 rings (SSSR count). The first-order valence-electron chi connectivity index (χ1n) is 6.20. The molecule has 1 aliphatic carbocycles. The van der Waals surface area contributed by atoms with Crippen LogP contribution in [-0.2, 0) is 0 Å². The summed E-state index contributed by atoms with van der Waals surface area (Å²) in [5.41, 5.74) is 5.83.